The zero-order valence-electron chi connectivity index (χ0n) is 10.8. The van der Waals surface area contributed by atoms with Gasteiger partial charge in [-0.05, 0) is 25.1 Å². The lowest BCUT2D eigenvalue weighted by Gasteiger charge is -2.03. The van der Waals surface area contributed by atoms with E-state index in [4.69, 9.17) is 4.42 Å². The third kappa shape index (κ3) is 3.21. The van der Waals surface area contributed by atoms with Gasteiger partial charge in [0.25, 0.3) is 5.69 Å². The van der Waals surface area contributed by atoms with Crippen LogP contribution in [0.15, 0.2) is 46.1 Å². The standard InChI is InChI=1S/C12H10N4O5/c1-8(12-3-2-6-21-12)13-14-10-5-4-9(15(17)18)7-11(10)16(19)20/h2-7,14H,1H3/b13-8+. The zero-order valence-corrected chi connectivity index (χ0v) is 10.8. The monoisotopic (exact) mass is 290 g/mol. The number of nitro groups is 2. The maximum atomic E-state index is 10.9. The summed E-state index contributed by atoms with van der Waals surface area (Å²) in [5, 5.41) is 25.5. The van der Waals surface area contributed by atoms with Gasteiger partial charge in [-0.3, -0.25) is 25.7 Å². The summed E-state index contributed by atoms with van der Waals surface area (Å²) in [6.07, 6.45) is 1.47. The van der Waals surface area contributed by atoms with E-state index in [1.807, 2.05) is 0 Å². The van der Waals surface area contributed by atoms with E-state index in [-0.39, 0.29) is 11.4 Å². The molecule has 0 fully saturated rings. The Bertz CT molecular complexity index is 708. The molecule has 9 heteroatoms. The molecule has 0 amide bonds. The molecule has 1 aromatic heterocycles. The molecule has 21 heavy (non-hydrogen) atoms. The van der Waals surface area contributed by atoms with Gasteiger partial charge in [0.1, 0.15) is 17.2 Å². The number of nitrogens with one attached hydrogen (secondary N) is 1. The van der Waals surface area contributed by atoms with Gasteiger partial charge in [-0.2, -0.15) is 5.10 Å². The average molecular weight is 290 g/mol. The first-order valence-corrected chi connectivity index (χ1v) is 5.76. The fourth-order valence-corrected chi connectivity index (χ4v) is 1.56. The van der Waals surface area contributed by atoms with E-state index in [1.165, 1.54) is 12.3 Å². The summed E-state index contributed by atoms with van der Waals surface area (Å²) < 4.78 is 5.12. The Balaban J connectivity index is 2.29. The van der Waals surface area contributed by atoms with Crippen molar-refractivity contribution < 1.29 is 14.3 Å². The van der Waals surface area contributed by atoms with Gasteiger partial charge in [0.05, 0.1) is 22.2 Å². The molecule has 0 aliphatic heterocycles. The molecular formula is C12H10N4O5. The number of rotatable bonds is 5. The summed E-state index contributed by atoms with van der Waals surface area (Å²) in [5.41, 5.74) is 2.25. The molecule has 0 unspecified atom stereocenters. The van der Waals surface area contributed by atoms with Crippen LogP contribution in [0.1, 0.15) is 12.7 Å². The van der Waals surface area contributed by atoms with Crippen LogP contribution in [0.5, 0.6) is 0 Å². The highest BCUT2D eigenvalue weighted by Crippen LogP contribution is 2.28. The Morgan fingerprint density at radius 3 is 2.57 bits per heavy atom. The summed E-state index contributed by atoms with van der Waals surface area (Å²) in [4.78, 5) is 20.2. The highest BCUT2D eigenvalue weighted by Gasteiger charge is 2.19. The fourth-order valence-electron chi connectivity index (χ4n) is 1.56. The molecule has 0 bridgehead atoms. The van der Waals surface area contributed by atoms with Crippen molar-refractivity contribution in [3.63, 3.8) is 0 Å². The van der Waals surface area contributed by atoms with Crippen molar-refractivity contribution in [2.24, 2.45) is 5.10 Å². The van der Waals surface area contributed by atoms with Gasteiger partial charge in [-0.1, -0.05) is 0 Å². The van der Waals surface area contributed by atoms with Gasteiger partial charge in [0.15, 0.2) is 0 Å². The van der Waals surface area contributed by atoms with Crippen molar-refractivity contribution in [2.45, 2.75) is 6.92 Å². The summed E-state index contributed by atoms with van der Waals surface area (Å²) in [7, 11) is 0. The number of nitro benzene ring substituents is 2. The maximum absolute atomic E-state index is 10.9. The second-order valence-corrected chi connectivity index (χ2v) is 4.00. The molecule has 1 N–H and O–H groups in total. The second-order valence-electron chi connectivity index (χ2n) is 4.00. The number of nitrogens with zero attached hydrogens (tertiary/aromatic N) is 3. The van der Waals surface area contributed by atoms with Crippen molar-refractivity contribution in [3.8, 4) is 0 Å². The predicted molar refractivity (Wildman–Crippen MR) is 74.3 cm³/mol. The molecule has 0 aliphatic carbocycles. The number of furan rings is 1. The lowest BCUT2D eigenvalue weighted by molar-refractivity contribution is -0.393. The van der Waals surface area contributed by atoms with Crippen molar-refractivity contribution in [1.29, 1.82) is 0 Å². The number of hydrogen-bond acceptors (Lipinski definition) is 7. The highest BCUT2D eigenvalue weighted by molar-refractivity contribution is 5.96. The number of anilines is 1. The zero-order chi connectivity index (χ0) is 15.4. The largest absolute Gasteiger partial charge is 0.463 e. The van der Waals surface area contributed by atoms with E-state index in [2.05, 4.69) is 10.5 Å². The van der Waals surface area contributed by atoms with Gasteiger partial charge in [-0.25, -0.2) is 0 Å². The van der Waals surface area contributed by atoms with Gasteiger partial charge in [-0.15, -0.1) is 0 Å². The SMILES string of the molecule is C/C(=N\Nc1ccc([N+](=O)[O-])cc1[N+](=O)[O-])c1ccco1. The van der Waals surface area contributed by atoms with Crippen LogP contribution in [0.2, 0.25) is 0 Å². The smallest absolute Gasteiger partial charge is 0.301 e. The topological polar surface area (TPSA) is 124 Å². The van der Waals surface area contributed by atoms with Crippen molar-refractivity contribution in [3.05, 3.63) is 62.6 Å². The predicted octanol–water partition coefficient (Wildman–Crippen LogP) is 2.93. The van der Waals surface area contributed by atoms with Gasteiger partial charge >= 0.3 is 5.69 Å². The van der Waals surface area contributed by atoms with E-state index in [1.54, 1.807) is 19.1 Å². The van der Waals surface area contributed by atoms with Crippen LogP contribution in [0, 0.1) is 20.2 Å². The van der Waals surface area contributed by atoms with Crippen molar-refractivity contribution in [1.82, 2.24) is 0 Å². The Labute approximate surface area is 118 Å². The van der Waals surface area contributed by atoms with Gasteiger partial charge < -0.3 is 4.42 Å². The average Bonchev–Trinajstić information content (AvgIpc) is 2.98. The van der Waals surface area contributed by atoms with E-state index < -0.39 is 15.5 Å². The minimum atomic E-state index is -0.715. The Morgan fingerprint density at radius 2 is 2.00 bits per heavy atom. The number of benzene rings is 1. The fraction of sp³-hybridized carbons (Fsp3) is 0.0833. The third-order valence-corrected chi connectivity index (χ3v) is 2.61. The van der Waals surface area contributed by atoms with Crippen LogP contribution in [-0.2, 0) is 0 Å². The molecule has 1 aromatic carbocycles. The van der Waals surface area contributed by atoms with E-state index in [9.17, 15) is 20.2 Å². The minimum Gasteiger partial charge on any atom is -0.463 e. The first-order chi connectivity index (χ1) is 9.99. The Morgan fingerprint density at radius 1 is 1.24 bits per heavy atom. The van der Waals surface area contributed by atoms with Crippen LogP contribution in [-0.4, -0.2) is 15.6 Å². The van der Waals surface area contributed by atoms with Crippen LogP contribution in [0.25, 0.3) is 0 Å². The Hall–Kier alpha value is -3.23. The molecule has 1 heterocycles. The van der Waals surface area contributed by atoms with E-state index >= 15 is 0 Å². The lowest BCUT2D eigenvalue weighted by Crippen LogP contribution is -2.01. The molecule has 0 saturated heterocycles. The molecule has 2 rings (SSSR count). The summed E-state index contributed by atoms with van der Waals surface area (Å²) in [6, 6.07) is 6.63. The van der Waals surface area contributed by atoms with E-state index in [0.29, 0.717) is 11.5 Å². The normalized spacial score (nSPS) is 11.2. The van der Waals surface area contributed by atoms with Crippen molar-refractivity contribution in [2.75, 3.05) is 5.43 Å². The summed E-state index contributed by atoms with van der Waals surface area (Å²) in [6.45, 7) is 1.66. The van der Waals surface area contributed by atoms with Crippen LogP contribution < -0.4 is 5.43 Å². The molecule has 0 aliphatic rings. The number of non-ortho nitro benzene ring substituents is 1. The first-order valence-electron chi connectivity index (χ1n) is 5.76. The van der Waals surface area contributed by atoms with Gasteiger partial charge in [0.2, 0.25) is 0 Å². The highest BCUT2D eigenvalue weighted by atomic mass is 16.6. The molecule has 108 valence electrons. The van der Waals surface area contributed by atoms with Crippen LogP contribution in [0.3, 0.4) is 0 Å². The molecule has 2 aromatic rings. The third-order valence-electron chi connectivity index (χ3n) is 2.61. The lowest BCUT2D eigenvalue weighted by atomic mass is 10.2. The molecule has 0 atom stereocenters. The number of hydrogen-bond donors (Lipinski definition) is 1. The van der Waals surface area contributed by atoms with E-state index in [0.717, 1.165) is 12.1 Å². The molecule has 0 radical (unpaired) electrons. The minimum absolute atomic E-state index is 0.0523. The van der Waals surface area contributed by atoms with Crippen LogP contribution in [0.4, 0.5) is 17.1 Å². The van der Waals surface area contributed by atoms with Gasteiger partial charge in [0, 0.05) is 6.07 Å². The quantitative estimate of drug-likeness (QED) is 0.512. The molecular weight excluding hydrogens is 280 g/mol. The molecule has 9 nitrogen and oxygen atoms in total. The summed E-state index contributed by atoms with van der Waals surface area (Å²) >= 11 is 0. The summed E-state index contributed by atoms with van der Waals surface area (Å²) in [5.74, 6) is 0.507. The second kappa shape index (κ2) is 5.82. The molecule has 0 spiro atoms. The van der Waals surface area contributed by atoms with Crippen LogP contribution >= 0.6 is 0 Å². The Kier molecular flexibility index (Phi) is 3.93. The molecule has 0 saturated carbocycles. The van der Waals surface area contributed by atoms with Crippen molar-refractivity contribution >= 4 is 22.8 Å². The maximum Gasteiger partial charge on any atom is 0.301 e. The first kappa shape index (κ1) is 14.2. The number of hydrazone groups is 1.